The highest BCUT2D eigenvalue weighted by Crippen LogP contribution is 2.45. The zero-order valence-corrected chi connectivity index (χ0v) is 25.1. The number of nitrogens with zero attached hydrogens (tertiary/aromatic N) is 4. The molecular weight excluding hydrogens is 583 g/mol. The summed E-state index contributed by atoms with van der Waals surface area (Å²) in [6, 6.07) is 3.40. The van der Waals surface area contributed by atoms with Crippen molar-refractivity contribution in [2.24, 2.45) is 5.92 Å². The van der Waals surface area contributed by atoms with E-state index in [1.807, 2.05) is 0 Å². The normalized spacial score (nSPS) is 15.9. The maximum Gasteiger partial charge on any atom is 0.260 e. The Kier molecular flexibility index (Phi) is 9.52. The molecule has 2 aliphatic rings. The van der Waals surface area contributed by atoms with Gasteiger partial charge in [-0.1, -0.05) is 29.8 Å². The van der Waals surface area contributed by atoms with Gasteiger partial charge < -0.3 is 29.7 Å². The third kappa shape index (κ3) is 6.19. The molecule has 1 aromatic carbocycles. The number of fused-ring (bicyclic) bond motifs is 1. The minimum atomic E-state index is -0.324. The van der Waals surface area contributed by atoms with Crippen molar-refractivity contribution in [2.45, 2.75) is 25.4 Å². The molecular formula is C29H34Cl2N6O5. The number of likely N-dealkylation sites (tertiary alicyclic amines) is 1. The molecule has 5 rings (SSSR count). The largest absolute Gasteiger partial charge is 0.495 e. The lowest BCUT2D eigenvalue weighted by Gasteiger charge is -2.39. The number of methoxy groups -OCH3 is 2. The van der Waals surface area contributed by atoms with E-state index in [0.717, 1.165) is 32.6 Å². The number of carbonyl (C=O) groups excluding carboxylic acids is 1. The van der Waals surface area contributed by atoms with Gasteiger partial charge in [-0.25, -0.2) is 4.98 Å². The van der Waals surface area contributed by atoms with Crippen LogP contribution in [0.1, 0.15) is 12.8 Å². The smallest absolute Gasteiger partial charge is 0.260 e. The van der Waals surface area contributed by atoms with Crippen LogP contribution in [0.2, 0.25) is 10.0 Å². The second-order valence-corrected chi connectivity index (χ2v) is 11.1. The molecule has 224 valence electrons. The molecule has 11 nitrogen and oxygen atoms in total. The van der Waals surface area contributed by atoms with Crippen molar-refractivity contribution in [3.63, 3.8) is 0 Å². The summed E-state index contributed by atoms with van der Waals surface area (Å²) in [5, 5.41) is 7.78. The first-order valence-corrected chi connectivity index (χ1v) is 14.6. The van der Waals surface area contributed by atoms with Crippen molar-refractivity contribution in [1.29, 1.82) is 0 Å². The van der Waals surface area contributed by atoms with Crippen LogP contribution in [0.5, 0.6) is 11.5 Å². The van der Waals surface area contributed by atoms with Crippen LogP contribution >= 0.6 is 23.2 Å². The second kappa shape index (κ2) is 13.3. The van der Waals surface area contributed by atoms with Crippen molar-refractivity contribution < 1.29 is 19.0 Å². The van der Waals surface area contributed by atoms with Gasteiger partial charge in [0.05, 0.1) is 29.8 Å². The number of pyridine rings is 1. The highest BCUT2D eigenvalue weighted by Gasteiger charge is 2.29. The predicted octanol–water partition coefficient (Wildman–Crippen LogP) is 3.61. The van der Waals surface area contributed by atoms with Crippen LogP contribution in [0.4, 0.5) is 5.95 Å². The number of nitrogens with one attached hydrogen (secondary N) is 2. The Hall–Kier alpha value is -3.38. The Morgan fingerprint density at radius 1 is 1.17 bits per heavy atom. The topological polar surface area (TPSA) is 120 Å². The summed E-state index contributed by atoms with van der Waals surface area (Å²) in [6.07, 6.45) is 4.95. The van der Waals surface area contributed by atoms with Crippen LogP contribution in [0, 0.1) is 5.92 Å². The zero-order chi connectivity index (χ0) is 29.8. The maximum absolute atomic E-state index is 14.1. The fourth-order valence-corrected chi connectivity index (χ4v) is 5.94. The molecule has 0 aliphatic carbocycles. The molecule has 2 saturated heterocycles. The van der Waals surface area contributed by atoms with Gasteiger partial charge in [0, 0.05) is 75.2 Å². The molecule has 0 bridgehead atoms. The minimum absolute atomic E-state index is 0.0945. The van der Waals surface area contributed by atoms with E-state index in [2.05, 4.69) is 22.2 Å². The van der Waals surface area contributed by atoms with Crippen LogP contribution in [0.25, 0.3) is 22.2 Å². The number of ether oxygens (including phenoxy) is 3. The van der Waals surface area contributed by atoms with Crippen LogP contribution in [0.3, 0.4) is 0 Å². The highest BCUT2D eigenvalue weighted by atomic mass is 35.5. The number of amides is 1. The number of hydrogen-bond donors (Lipinski definition) is 2. The van der Waals surface area contributed by atoms with Crippen molar-refractivity contribution in [3.05, 3.63) is 51.4 Å². The van der Waals surface area contributed by atoms with Crippen LogP contribution in [-0.4, -0.2) is 85.0 Å². The molecule has 0 radical (unpaired) electrons. The summed E-state index contributed by atoms with van der Waals surface area (Å²) in [6.45, 7) is 7.69. The summed E-state index contributed by atoms with van der Waals surface area (Å²) in [5.41, 5.74) is 0.735. The number of benzene rings is 1. The van der Waals surface area contributed by atoms with E-state index < -0.39 is 0 Å². The molecule has 2 aliphatic heterocycles. The number of rotatable bonds is 11. The van der Waals surface area contributed by atoms with Gasteiger partial charge in [-0.05, 0) is 30.9 Å². The maximum atomic E-state index is 14.1. The lowest BCUT2D eigenvalue weighted by Crippen LogP contribution is -2.59. The predicted molar refractivity (Wildman–Crippen MR) is 163 cm³/mol. The Balaban J connectivity index is 1.50. The molecule has 0 spiro atoms. The van der Waals surface area contributed by atoms with Crippen molar-refractivity contribution in [2.75, 3.05) is 58.9 Å². The molecule has 0 unspecified atom stereocenters. The zero-order valence-electron chi connectivity index (χ0n) is 23.6. The molecule has 42 heavy (non-hydrogen) atoms. The van der Waals surface area contributed by atoms with Crippen molar-refractivity contribution >= 4 is 46.1 Å². The van der Waals surface area contributed by atoms with Gasteiger partial charge in [-0.2, -0.15) is 4.98 Å². The number of carbonyl (C=O) groups is 1. The molecule has 3 aromatic rings. The first-order chi connectivity index (χ1) is 20.3. The SMILES string of the molecule is C=CC(=O)N1CC(NCCn2c(=O)c(-c3c(Cl)c(OC)cc(OC)c3Cl)cc3cnc(NCC4CCOCC4)nc32)C1. The Labute approximate surface area is 253 Å². The summed E-state index contributed by atoms with van der Waals surface area (Å²) in [7, 11) is 2.96. The lowest BCUT2D eigenvalue weighted by atomic mass is 10.0. The van der Waals surface area contributed by atoms with E-state index in [1.165, 1.54) is 20.3 Å². The molecule has 2 N–H and O–H groups in total. The number of halogens is 2. The van der Waals surface area contributed by atoms with E-state index in [-0.39, 0.29) is 33.1 Å². The van der Waals surface area contributed by atoms with Crippen LogP contribution < -0.4 is 25.7 Å². The van der Waals surface area contributed by atoms with Gasteiger partial charge in [0.2, 0.25) is 11.9 Å². The fourth-order valence-electron chi connectivity index (χ4n) is 5.24. The fraction of sp³-hybridized carbons (Fsp3) is 0.448. The molecule has 13 heteroatoms. The van der Waals surface area contributed by atoms with Crippen LogP contribution in [0.15, 0.2) is 35.8 Å². The third-order valence-electron chi connectivity index (χ3n) is 7.70. The quantitative estimate of drug-likeness (QED) is 0.311. The Bertz CT molecular complexity index is 1510. The average Bonchev–Trinajstić information content (AvgIpc) is 2.99. The van der Waals surface area contributed by atoms with E-state index in [4.69, 9.17) is 42.4 Å². The molecule has 0 saturated carbocycles. The molecule has 2 fully saturated rings. The molecule has 4 heterocycles. The van der Waals surface area contributed by atoms with Gasteiger partial charge in [-0.15, -0.1) is 0 Å². The Morgan fingerprint density at radius 3 is 2.50 bits per heavy atom. The van der Waals surface area contributed by atoms with Gasteiger partial charge in [0.15, 0.2) is 0 Å². The number of aromatic nitrogens is 3. The monoisotopic (exact) mass is 616 g/mol. The summed E-state index contributed by atoms with van der Waals surface area (Å²) in [4.78, 5) is 36.9. The third-order valence-corrected chi connectivity index (χ3v) is 8.45. The minimum Gasteiger partial charge on any atom is -0.495 e. The van der Waals surface area contributed by atoms with E-state index in [0.29, 0.717) is 66.1 Å². The lowest BCUT2D eigenvalue weighted by molar-refractivity contribution is -0.130. The first-order valence-electron chi connectivity index (χ1n) is 13.8. The molecule has 0 atom stereocenters. The molecule has 1 amide bonds. The average molecular weight is 618 g/mol. The van der Waals surface area contributed by atoms with Gasteiger partial charge in [0.1, 0.15) is 17.1 Å². The molecule has 2 aromatic heterocycles. The first kappa shape index (κ1) is 30.1. The van der Waals surface area contributed by atoms with Gasteiger partial charge in [0.25, 0.3) is 5.56 Å². The van der Waals surface area contributed by atoms with Crippen molar-refractivity contribution in [1.82, 2.24) is 24.8 Å². The standard InChI is InChI=1S/C29H34Cl2N6O5/c1-4-23(38)36-15-19(16-36)32-7-8-37-27-18(14-34-29(35-27)33-13-17-5-9-42-10-6-17)11-20(28(37)39)24-25(30)21(40-2)12-22(41-3)26(24)31/h4,11-12,14,17,19,32H,1,5-10,13,15-16H2,2-3H3,(H,33,34,35). The van der Waals surface area contributed by atoms with E-state index in [1.54, 1.807) is 27.8 Å². The second-order valence-electron chi connectivity index (χ2n) is 10.3. The Morgan fingerprint density at radius 2 is 1.86 bits per heavy atom. The van der Waals surface area contributed by atoms with Crippen molar-refractivity contribution in [3.8, 4) is 22.6 Å². The van der Waals surface area contributed by atoms with Gasteiger partial charge in [-0.3, -0.25) is 14.2 Å². The van der Waals surface area contributed by atoms with Gasteiger partial charge >= 0.3 is 0 Å². The summed E-state index contributed by atoms with van der Waals surface area (Å²) in [5.74, 6) is 1.47. The highest BCUT2D eigenvalue weighted by molar-refractivity contribution is 6.41. The van der Waals surface area contributed by atoms with E-state index in [9.17, 15) is 9.59 Å². The summed E-state index contributed by atoms with van der Waals surface area (Å²) < 4.78 is 17.9. The summed E-state index contributed by atoms with van der Waals surface area (Å²) >= 11 is 13.4. The van der Waals surface area contributed by atoms with E-state index >= 15 is 0 Å². The number of hydrogen-bond acceptors (Lipinski definition) is 9. The number of anilines is 1. The van der Waals surface area contributed by atoms with Crippen LogP contribution in [-0.2, 0) is 16.1 Å².